The van der Waals surface area contributed by atoms with Gasteiger partial charge in [0, 0.05) is 6.42 Å². The number of rotatable bonds is 17. The molecular weight excluding hydrogens is 348 g/mol. The lowest BCUT2D eigenvalue weighted by Gasteiger charge is -2.29. The molecule has 1 unspecified atom stereocenters. The van der Waals surface area contributed by atoms with Crippen molar-refractivity contribution >= 4 is 5.97 Å². The Bertz CT molecular complexity index is 540. The first-order chi connectivity index (χ1) is 13.8. The maximum atomic E-state index is 11.9. The molecule has 3 heteroatoms. The molecule has 0 saturated heterocycles. The molecule has 1 aromatic rings. The van der Waals surface area contributed by atoms with Crippen molar-refractivity contribution in [3.63, 3.8) is 0 Å². The van der Waals surface area contributed by atoms with E-state index >= 15 is 0 Å². The van der Waals surface area contributed by atoms with Crippen LogP contribution in [-0.4, -0.2) is 5.97 Å². The minimum atomic E-state index is -0.486. The highest BCUT2D eigenvalue weighted by Crippen LogP contribution is 2.39. The lowest BCUT2D eigenvalue weighted by molar-refractivity contribution is -0.172. The number of hydrogen-bond donors (Lipinski definition) is 0. The summed E-state index contributed by atoms with van der Waals surface area (Å²) in [4.78, 5) is 11.9. The van der Waals surface area contributed by atoms with Crippen LogP contribution in [0.2, 0.25) is 0 Å². The van der Waals surface area contributed by atoms with Crippen LogP contribution in [-0.2, 0) is 9.53 Å². The van der Waals surface area contributed by atoms with E-state index in [0.29, 0.717) is 6.42 Å². The fourth-order valence-electron chi connectivity index (χ4n) is 3.81. The Kier molecular flexibility index (Phi) is 11.8. The summed E-state index contributed by atoms with van der Waals surface area (Å²) < 4.78 is 10.8. The zero-order chi connectivity index (χ0) is 19.9. The Morgan fingerprint density at radius 2 is 1.29 bits per heavy atom. The zero-order valence-corrected chi connectivity index (χ0v) is 17.9. The molecule has 0 bridgehead atoms. The molecule has 1 atom stereocenters. The number of unbranched alkanes of at least 4 members (excludes halogenated alkanes) is 14. The molecule has 0 fully saturated rings. The molecule has 0 spiro atoms. The second kappa shape index (κ2) is 14.5. The third-order valence-corrected chi connectivity index (χ3v) is 5.63. The van der Waals surface area contributed by atoms with Crippen LogP contribution < -0.4 is 4.74 Å². The van der Waals surface area contributed by atoms with Gasteiger partial charge in [0.05, 0.1) is 5.56 Å². The van der Waals surface area contributed by atoms with Crippen LogP contribution in [0.1, 0.15) is 122 Å². The number of hydrogen-bond acceptors (Lipinski definition) is 3. The van der Waals surface area contributed by atoms with Crippen LogP contribution in [0.4, 0.5) is 0 Å². The topological polar surface area (TPSA) is 35.5 Å². The van der Waals surface area contributed by atoms with E-state index in [4.69, 9.17) is 9.47 Å². The largest absolute Gasteiger partial charge is 0.450 e. The van der Waals surface area contributed by atoms with Crippen molar-refractivity contribution in [2.75, 3.05) is 0 Å². The van der Waals surface area contributed by atoms with Gasteiger partial charge in [-0.1, -0.05) is 109 Å². The van der Waals surface area contributed by atoms with Crippen molar-refractivity contribution in [3.8, 4) is 5.75 Å². The summed E-state index contributed by atoms with van der Waals surface area (Å²) in [5, 5.41) is 0. The first kappa shape index (κ1) is 22.8. The Balaban J connectivity index is 1.31. The molecule has 0 saturated carbocycles. The van der Waals surface area contributed by atoms with E-state index in [1.54, 1.807) is 0 Å². The molecule has 0 aromatic heterocycles. The zero-order valence-electron chi connectivity index (χ0n) is 17.9. The summed E-state index contributed by atoms with van der Waals surface area (Å²) in [5.41, 5.74) is 0.979. The standard InChI is InChI=1S/C25H40O3/c1-2-3-4-5-6-7-8-9-10-11-12-13-14-15-16-21-24(26)28-25-22-19-17-18-20-23(22)27-25/h17-20,25H,2-16,21H2,1H3. The minimum Gasteiger partial charge on any atom is -0.450 e. The average molecular weight is 389 g/mol. The van der Waals surface area contributed by atoms with Gasteiger partial charge in [-0.3, -0.25) is 4.79 Å². The van der Waals surface area contributed by atoms with Crippen molar-refractivity contribution in [1.82, 2.24) is 0 Å². The van der Waals surface area contributed by atoms with Crippen molar-refractivity contribution in [3.05, 3.63) is 29.8 Å². The number of para-hydroxylation sites is 1. The summed E-state index contributed by atoms with van der Waals surface area (Å²) in [6.45, 7) is 2.28. The second-order valence-corrected chi connectivity index (χ2v) is 8.18. The minimum absolute atomic E-state index is 0.144. The van der Waals surface area contributed by atoms with Gasteiger partial charge in [0.1, 0.15) is 5.75 Å². The summed E-state index contributed by atoms with van der Waals surface area (Å²) >= 11 is 0. The fraction of sp³-hybridized carbons (Fsp3) is 0.720. The van der Waals surface area contributed by atoms with Gasteiger partial charge >= 0.3 is 5.97 Å². The predicted molar refractivity (Wildman–Crippen MR) is 115 cm³/mol. The molecule has 1 heterocycles. The number of esters is 1. The molecule has 0 N–H and O–H groups in total. The predicted octanol–water partition coefficient (Wildman–Crippen LogP) is 7.88. The molecular formula is C25H40O3. The fourth-order valence-corrected chi connectivity index (χ4v) is 3.81. The molecule has 1 aromatic carbocycles. The van der Waals surface area contributed by atoms with Crippen molar-refractivity contribution in [1.29, 1.82) is 0 Å². The Labute approximate surface area is 172 Å². The summed E-state index contributed by atoms with van der Waals surface area (Å²) in [5.74, 6) is 0.682. The van der Waals surface area contributed by atoms with Gasteiger partial charge in [0.2, 0.25) is 0 Å². The van der Waals surface area contributed by atoms with Gasteiger partial charge in [-0.05, 0) is 18.6 Å². The van der Waals surface area contributed by atoms with Gasteiger partial charge in [-0.15, -0.1) is 0 Å². The van der Waals surface area contributed by atoms with E-state index < -0.39 is 6.29 Å². The summed E-state index contributed by atoms with van der Waals surface area (Å²) in [6.07, 6.45) is 20.0. The van der Waals surface area contributed by atoms with Crippen LogP contribution in [0.25, 0.3) is 0 Å². The van der Waals surface area contributed by atoms with Gasteiger partial charge in [0.25, 0.3) is 6.29 Å². The number of ether oxygens (including phenoxy) is 2. The van der Waals surface area contributed by atoms with E-state index in [1.165, 1.54) is 83.5 Å². The second-order valence-electron chi connectivity index (χ2n) is 8.18. The molecule has 158 valence electrons. The Morgan fingerprint density at radius 3 is 1.82 bits per heavy atom. The van der Waals surface area contributed by atoms with Crippen LogP contribution >= 0.6 is 0 Å². The van der Waals surface area contributed by atoms with E-state index in [9.17, 15) is 4.79 Å². The first-order valence-corrected chi connectivity index (χ1v) is 11.8. The Hall–Kier alpha value is -1.51. The molecule has 28 heavy (non-hydrogen) atoms. The molecule has 0 radical (unpaired) electrons. The quantitative estimate of drug-likeness (QED) is 0.201. The van der Waals surface area contributed by atoms with Crippen molar-refractivity contribution < 1.29 is 14.3 Å². The van der Waals surface area contributed by atoms with Crippen molar-refractivity contribution in [2.24, 2.45) is 0 Å². The molecule has 1 aliphatic heterocycles. The third-order valence-electron chi connectivity index (χ3n) is 5.63. The monoisotopic (exact) mass is 388 g/mol. The summed E-state index contributed by atoms with van der Waals surface area (Å²) in [6, 6.07) is 7.71. The molecule has 0 amide bonds. The maximum Gasteiger partial charge on any atom is 0.309 e. The molecule has 0 aliphatic carbocycles. The number of benzene rings is 1. The highest BCUT2D eigenvalue weighted by molar-refractivity contribution is 5.70. The van der Waals surface area contributed by atoms with Crippen LogP contribution in [0.3, 0.4) is 0 Å². The van der Waals surface area contributed by atoms with Crippen LogP contribution in [0, 0.1) is 0 Å². The van der Waals surface area contributed by atoms with Gasteiger partial charge < -0.3 is 9.47 Å². The van der Waals surface area contributed by atoms with E-state index in [-0.39, 0.29) is 5.97 Å². The third kappa shape index (κ3) is 9.12. The summed E-state index contributed by atoms with van der Waals surface area (Å²) in [7, 11) is 0. The van der Waals surface area contributed by atoms with Crippen LogP contribution in [0.15, 0.2) is 24.3 Å². The first-order valence-electron chi connectivity index (χ1n) is 11.8. The Morgan fingerprint density at radius 1 is 0.786 bits per heavy atom. The average Bonchev–Trinajstić information content (AvgIpc) is 2.69. The molecule has 1 aliphatic rings. The maximum absolute atomic E-state index is 11.9. The normalized spacial score (nSPS) is 14.8. The molecule has 2 rings (SSSR count). The van der Waals surface area contributed by atoms with Gasteiger partial charge in [-0.2, -0.15) is 0 Å². The highest BCUT2D eigenvalue weighted by Gasteiger charge is 2.30. The van der Waals surface area contributed by atoms with Gasteiger partial charge in [0.15, 0.2) is 0 Å². The number of carbonyl (C=O) groups is 1. The lowest BCUT2D eigenvalue weighted by Crippen LogP contribution is -2.24. The van der Waals surface area contributed by atoms with E-state index in [1.807, 2.05) is 24.3 Å². The number of carbonyl (C=O) groups excluding carboxylic acids is 1. The smallest absolute Gasteiger partial charge is 0.309 e. The lowest BCUT2D eigenvalue weighted by atomic mass is 10.0. The van der Waals surface area contributed by atoms with E-state index in [2.05, 4.69) is 6.92 Å². The SMILES string of the molecule is CCCCCCCCCCCCCCCCCC(=O)OC1Oc2ccccc21. The van der Waals surface area contributed by atoms with Crippen molar-refractivity contribution in [2.45, 2.75) is 116 Å². The van der Waals surface area contributed by atoms with Gasteiger partial charge in [-0.25, -0.2) is 0 Å². The molecule has 3 nitrogen and oxygen atoms in total. The number of fused-ring (bicyclic) bond motifs is 1. The van der Waals surface area contributed by atoms with E-state index in [0.717, 1.165) is 24.2 Å². The van der Waals surface area contributed by atoms with Crippen LogP contribution in [0.5, 0.6) is 5.75 Å². The highest BCUT2D eigenvalue weighted by atomic mass is 16.7.